The highest BCUT2D eigenvalue weighted by Gasteiger charge is 2.32. The molecule has 6 heteroatoms. The monoisotopic (exact) mass is 280 g/mol. The summed E-state index contributed by atoms with van der Waals surface area (Å²) in [6.45, 7) is 6.69. The number of carbonyl (C=O) groups excluding carboxylic acids is 1. The molecule has 0 saturated carbocycles. The van der Waals surface area contributed by atoms with Crippen LogP contribution in [0.4, 0.5) is 4.79 Å². The molecule has 0 aromatic carbocycles. The average molecular weight is 280 g/mol. The van der Waals surface area contributed by atoms with E-state index in [1.54, 1.807) is 6.20 Å². The molecule has 1 unspecified atom stereocenters. The topological polar surface area (TPSA) is 59.4 Å². The Labute approximate surface area is 120 Å². The van der Waals surface area contributed by atoms with Crippen molar-refractivity contribution in [2.45, 2.75) is 32.3 Å². The Hall–Kier alpha value is -1.56. The van der Waals surface area contributed by atoms with Gasteiger partial charge in [0.2, 0.25) is 0 Å². The predicted molar refractivity (Wildman–Crippen MR) is 76.5 cm³/mol. The van der Waals surface area contributed by atoms with Gasteiger partial charge in [0.25, 0.3) is 0 Å². The normalized spacial score (nSPS) is 22.9. The maximum atomic E-state index is 12.2. The number of ether oxygens (including phenoxy) is 1. The molecule has 1 fully saturated rings. The fourth-order valence-corrected chi connectivity index (χ4v) is 2.37. The molecular weight excluding hydrogens is 256 g/mol. The second-order valence-corrected chi connectivity index (χ2v) is 5.50. The molecule has 2 rings (SSSR count). The zero-order valence-electron chi connectivity index (χ0n) is 12.6. The van der Waals surface area contributed by atoms with Crippen LogP contribution in [-0.4, -0.2) is 52.6 Å². The van der Waals surface area contributed by atoms with E-state index in [-0.39, 0.29) is 11.6 Å². The lowest BCUT2D eigenvalue weighted by molar-refractivity contribution is -0.0872. The van der Waals surface area contributed by atoms with Gasteiger partial charge in [-0.3, -0.25) is 4.68 Å². The third-order valence-corrected chi connectivity index (χ3v) is 3.95. The molecule has 0 bridgehead atoms. The van der Waals surface area contributed by atoms with Crippen molar-refractivity contribution in [1.29, 1.82) is 0 Å². The van der Waals surface area contributed by atoms with Gasteiger partial charge in [-0.15, -0.1) is 0 Å². The summed E-state index contributed by atoms with van der Waals surface area (Å²) < 4.78 is 7.57. The van der Waals surface area contributed by atoms with Crippen molar-refractivity contribution >= 4 is 6.03 Å². The lowest BCUT2D eigenvalue weighted by Gasteiger charge is -2.39. The van der Waals surface area contributed by atoms with Crippen molar-refractivity contribution in [2.75, 3.05) is 26.2 Å². The number of amides is 2. The highest BCUT2D eigenvalue weighted by molar-refractivity contribution is 5.74. The second-order valence-electron chi connectivity index (χ2n) is 5.50. The first kappa shape index (κ1) is 14.8. The first-order valence-electron chi connectivity index (χ1n) is 7.18. The molecule has 20 heavy (non-hydrogen) atoms. The summed E-state index contributed by atoms with van der Waals surface area (Å²) in [5.41, 5.74) is 0.906. The number of hydrogen-bond acceptors (Lipinski definition) is 3. The van der Waals surface area contributed by atoms with E-state index in [2.05, 4.69) is 24.3 Å². The fourth-order valence-electron chi connectivity index (χ4n) is 2.37. The molecule has 1 aromatic rings. The maximum Gasteiger partial charge on any atom is 0.317 e. The molecular formula is C14H24N4O2. The molecule has 1 N–H and O–H groups in total. The van der Waals surface area contributed by atoms with Crippen LogP contribution in [0.25, 0.3) is 0 Å². The van der Waals surface area contributed by atoms with Crippen LogP contribution in [0.3, 0.4) is 0 Å². The average Bonchev–Trinajstić information content (AvgIpc) is 2.84. The molecule has 0 aliphatic carbocycles. The number of nitrogens with one attached hydrogen (secondary N) is 1. The van der Waals surface area contributed by atoms with Crippen LogP contribution in [0.15, 0.2) is 12.3 Å². The summed E-state index contributed by atoms with van der Waals surface area (Å²) in [5, 5.41) is 7.08. The molecule has 1 saturated heterocycles. The minimum absolute atomic E-state index is 0.00450. The van der Waals surface area contributed by atoms with Gasteiger partial charge in [0.1, 0.15) is 0 Å². The molecule has 6 nitrogen and oxygen atoms in total. The summed E-state index contributed by atoms with van der Waals surface area (Å²) in [5.74, 6) is 0. The molecule has 1 aromatic heterocycles. The largest absolute Gasteiger partial charge is 0.372 e. The number of aromatic nitrogens is 2. The highest BCUT2D eigenvalue weighted by atomic mass is 16.5. The maximum absolute atomic E-state index is 12.2. The number of carbonyl (C=O) groups is 1. The Bertz CT molecular complexity index is 460. The molecule has 2 heterocycles. The number of hydrogen-bond donors (Lipinski definition) is 1. The van der Waals surface area contributed by atoms with Gasteiger partial charge in [0, 0.05) is 38.4 Å². The summed E-state index contributed by atoms with van der Waals surface area (Å²) in [4.78, 5) is 14.0. The fraction of sp³-hybridized carbons (Fsp3) is 0.714. The molecule has 0 radical (unpaired) electrons. The quantitative estimate of drug-likeness (QED) is 0.901. The minimum atomic E-state index is -0.211. The van der Waals surface area contributed by atoms with E-state index in [0.29, 0.717) is 26.2 Å². The Balaban J connectivity index is 1.78. The molecule has 2 amide bonds. The second kappa shape index (κ2) is 6.26. The van der Waals surface area contributed by atoms with E-state index in [1.165, 1.54) is 0 Å². The van der Waals surface area contributed by atoms with Gasteiger partial charge in [-0.1, -0.05) is 6.92 Å². The third-order valence-electron chi connectivity index (χ3n) is 3.95. The van der Waals surface area contributed by atoms with E-state index >= 15 is 0 Å². The van der Waals surface area contributed by atoms with Gasteiger partial charge in [0.15, 0.2) is 0 Å². The van der Waals surface area contributed by atoms with Crippen molar-refractivity contribution in [2.24, 2.45) is 7.05 Å². The third kappa shape index (κ3) is 3.50. The zero-order chi connectivity index (χ0) is 14.6. The first-order valence-corrected chi connectivity index (χ1v) is 7.18. The number of nitrogens with zero attached hydrogens (tertiary/aromatic N) is 3. The molecule has 1 atom stereocenters. The van der Waals surface area contributed by atoms with Crippen molar-refractivity contribution in [3.05, 3.63) is 18.0 Å². The standard InChI is InChI=1S/C14H24N4O2/c1-4-14(2)11-18(9-10-20-14)13(19)15-7-5-12-6-8-16-17(12)3/h6,8H,4-5,7,9-11H2,1-3H3,(H,15,19). The Morgan fingerprint density at radius 1 is 1.60 bits per heavy atom. The SMILES string of the molecule is CCC1(C)CN(C(=O)NCCc2ccnn2C)CCO1. The number of morpholine rings is 1. The van der Waals surface area contributed by atoms with Gasteiger partial charge in [-0.25, -0.2) is 4.79 Å². The smallest absolute Gasteiger partial charge is 0.317 e. The van der Waals surface area contributed by atoms with Crippen LogP contribution in [0.5, 0.6) is 0 Å². The number of rotatable bonds is 4. The Morgan fingerprint density at radius 3 is 3.05 bits per heavy atom. The number of aryl methyl sites for hydroxylation is 1. The summed E-state index contributed by atoms with van der Waals surface area (Å²) in [7, 11) is 1.91. The minimum Gasteiger partial charge on any atom is -0.372 e. The molecule has 1 aliphatic heterocycles. The highest BCUT2D eigenvalue weighted by Crippen LogP contribution is 2.20. The number of urea groups is 1. The van der Waals surface area contributed by atoms with Crippen molar-refractivity contribution in [3.8, 4) is 0 Å². The van der Waals surface area contributed by atoms with Gasteiger partial charge >= 0.3 is 6.03 Å². The predicted octanol–water partition coefficient (Wildman–Crippen LogP) is 1.17. The molecule has 112 valence electrons. The van der Waals surface area contributed by atoms with Crippen molar-refractivity contribution in [3.63, 3.8) is 0 Å². The van der Waals surface area contributed by atoms with E-state index < -0.39 is 0 Å². The van der Waals surface area contributed by atoms with Crippen LogP contribution < -0.4 is 5.32 Å². The van der Waals surface area contributed by atoms with Gasteiger partial charge in [-0.05, 0) is 19.4 Å². The lowest BCUT2D eigenvalue weighted by Crippen LogP contribution is -2.54. The van der Waals surface area contributed by atoms with Gasteiger partial charge in [-0.2, -0.15) is 5.10 Å². The summed E-state index contributed by atoms with van der Waals surface area (Å²) >= 11 is 0. The van der Waals surface area contributed by atoms with Gasteiger partial charge < -0.3 is 15.0 Å². The Kier molecular flexibility index (Phi) is 4.65. The summed E-state index contributed by atoms with van der Waals surface area (Å²) in [6.07, 6.45) is 3.47. The van der Waals surface area contributed by atoms with Crippen molar-refractivity contribution in [1.82, 2.24) is 20.0 Å². The van der Waals surface area contributed by atoms with Gasteiger partial charge in [0.05, 0.1) is 18.8 Å². The van der Waals surface area contributed by atoms with E-state index in [1.807, 2.05) is 22.7 Å². The van der Waals surface area contributed by atoms with Crippen molar-refractivity contribution < 1.29 is 9.53 Å². The first-order chi connectivity index (χ1) is 9.54. The van der Waals surface area contributed by atoms with Crippen LogP contribution in [-0.2, 0) is 18.2 Å². The Morgan fingerprint density at radius 2 is 2.40 bits per heavy atom. The van der Waals surface area contributed by atoms with Crippen LogP contribution in [0, 0.1) is 0 Å². The van der Waals surface area contributed by atoms with Crippen LogP contribution in [0.1, 0.15) is 26.0 Å². The summed E-state index contributed by atoms with van der Waals surface area (Å²) in [6, 6.07) is 1.96. The van der Waals surface area contributed by atoms with E-state index in [0.717, 1.165) is 18.5 Å². The molecule has 0 spiro atoms. The lowest BCUT2D eigenvalue weighted by atomic mass is 10.0. The van der Waals surface area contributed by atoms with E-state index in [4.69, 9.17) is 4.74 Å². The zero-order valence-corrected chi connectivity index (χ0v) is 12.6. The van der Waals surface area contributed by atoms with E-state index in [9.17, 15) is 4.79 Å². The molecule has 1 aliphatic rings. The van der Waals surface area contributed by atoms with Crippen LogP contribution in [0.2, 0.25) is 0 Å². The van der Waals surface area contributed by atoms with Crippen LogP contribution >= 0.6 is 0 Å².